The molecule has 0 aliphatic carbocycles. The summed E-state index contributed by atoms with van der Waals surface area (Å²) in [6.07, 6.45) is 1.28. The van der Waals surface area contributed by atoms with Crippen molar-refractivity contribution in [3.8, 4) is 17.0 Å². The van der Waals surface area contributed by atoms with Gasteiger partial charge in [-0.15, -0.1) is 11.3 Å². The van der Waals surface area contributed by atoms with E-state index in [1.54, 1.807) is 31.4 Å². The van der Waals surface area contributed by atoms with E-state index in [9.17, 15) is 13.2 Å². The van der Waals surface area contributed by atoms with Crippen molar-refractivity contribution in [2.45, 2.75) is 24.7 Å². The lowest BCUT2D eigenvalue weighted by Gasteiger charge is -2.31. The van der Waals surface area contributed by atoms with Crippen LogP contribution in [0.3, 0.4) is 0 Å². The number of anilines is 1. The molecule has 1 N–H and O–H groups in total. The number of piperidine rings is 1. The molecule has 4 rings (SSSR count). The highest BCUT2D eigenvalue weighted by molar-refractivity contribution is 7.89. The van der Waals surface area contributed by atoms with Crippen molar-refractivity contribution in [1.29, 1.82) is 0 Å². The third kappa shape index (κ3) is 4.85. The van der Waals surface area contributed by atoms with Gasteiger partial charge in [0.2, 0.25) is 15.9 Å². The lowest BCUT2D eigenvalue weighted by Crippen LogP contribution is -2.43. The maximum atomic E-state index is 13.0. The molecule has 9 heteroatoms. The summed E-state index contributed by atoms with van der Waals surface area (Å²) in [7, 11) is -2.01. The van der Waals surface area contributed by atoms with Crippen LogP contribution in [0, 0.1) is 12.8 Å². The van der Waals surface area contributed by atoms with E-state index in [0.29, 0.717) is 24.5 Å². The van der Waals surface area contributed by atoms with E-state index in [1.165, 1.54) is 15.6 Å². The zero-order valence-corrected chi connectivity index (χ0v) is 19.6. The van der Waals surface area contributed by atoms with Crippen molar-refractivity contribution in [2.24, 2.45) is 5.92 Å². The summed E-state index contributed by atoms with van der Waals surface area (Å²) < 4.78 is 32.6. The third-order valence-electron chi connectivity index (χ3n) is 5.53. The van der Waals surface area contributed by atoms with E-state index in [2.05, 4.69) is 10.3 Å². The molecule has 7 nitrogen and oxygen atoms in total. The van der Waals surface area contributed by atoms with Crippen molar-refractivity contribution in [1.82, 2.24) is 9.29 Å². The molecule has 1 atom stereocenters. The van der Waals surface area contributed by atoms with Gasteiger partial charge < -0.3 is 10.1 Å². The van der Waals surface area contributed by atoms with Gasteiger partial charge in [0.1, 0.15) is 5.75 Å². The maximum absolute atomic E-state index is 13.0. The first-order chi connectivity index (χ1) is 15.4. The van der Waals surface area contributed by atoms with Gasteiger partial charge in [-0.1, -0.05) is 17.7 Å². The highest BCUT2D eigenvalue weighted by Gasteiger charge is 2.33. The molecule has 0 spiro atoms. The summed E-state index contributed by atoms with van der Waals surface area (Å²) in [5.74, 6) is 0.140. The average molecular weight is 472 g/mol. The normalized spacial score (nSPS) is 17.1. The standard InChI is InChI=1S/C23H25N3O4S2/c1-16-5-11-20(12-6-16)32(28,29)26-13-3-4-18(14-26)22(27)25-23-24-21(15-31-23)17-7-9-19(30-2)10-8-17/h5-12,15,18H,3-4,13-14H2,1-2H3,(H,24,25,27)/t18-/m0/s1. The Morgan fingerprint density at radius 1 is 1.16 bits per heavy atom. The van der Waals surface area contributed by atoms with Gasteiger partial charge in [-0.05, 0) is 56.2 Å². The van der Waals surface area contributed by atoms with Crippen LogP contribution in [0.1, 0.15) is 18.4 Å². The van der Waals surface area contributed by atoms with Crippen LogP contribution in [0.2, 0.25) is 0 Å². The summed E-state index contributed by atoms with van der Waals surface area (Å²) in [4.78, 5) is 17.6. The molecule has 1 aromatic heterocycles. The van der Waals surface area contributed by atoms with Gasteiger partial charge in [0.25, 0.3) is 0 Å². The highest BCUT2D eigenvalue weighted by atomic mass is 32.2. The number of thiazole rings is 1. The molecule has 0 bridgehead atoms. The first kappa shape index (κ1) is 22.4. The first-order valence-corrected chi connectivity index (χ1v) is 12.7. The maximum Gasteiger partial charge on any atom is 0.243 e. The van der Waals surface area contributed by atoms with Gasteiger partial charge in [-0.3, -0.25) is 4.79 Å². The number of sulfonamides is 1. The minimum Gasteiger partial charge on any atom is -0.497 e. The zero-order chi connectivity index (χ0) is 22.7. The Hall–Kier alpha value is -2.75. The van der Waals surface area contributed by atoms with Crippen molar-refractivity contribution in [2.75, 3.05) is 25.5 Å². The van der Waals surface area contributed by atoms with Crippen LogP contribution < -0.4 is 10.1 Å². The molecule has 1 saturated heterocycles. The molecule has 3 aromatic rings. The van der Waals surface area contributed by atoms with Gasteiger partial charge in [0.15, 0.2) is 5.13 Å². The van der Waals surface area contributed by atoms with Crippen LogP contribution in [-0.2, 0) is 14.8 Å². The summed E-state index contributed by atoms with van der Waals surface area (Å²) in [5, 5.41) is 5.25. The lowest BCUT2D eigenvalue weighted by molar-refractivity contribution is -0.120. The Morgan fingerprint density at radius 3 is 2.56 bits per heavy atom. The summed E-state index contributed by atoms with van der Waals surface area (Å²) in [5.41, 5.74) is 2.69. The van der Waals surface area contributed by atoms with Crippen LogP contribution in [0.25, 0.3) is 11.3 Å². The number of nitrogens with one attached hydrogen (secondary N) is 1. The Balaban J connectivity index is 1.42. The fourth-order valence-corrected chi connectivity index (χ4v) is 5.91. The van der Waals surface area contributed by atoms with Gasteiger partial charge in [-0.25, -0.2) is 13.4 Å². The topological polar surface area (TPSA) is 88.6 Å². The van der Waals surface area contributed by atoms with E-state index in [4.69, 9.17) is 4.74 Å². The van der Waals surface area contributed by atoms with Gasteiger partial charge in [0.05, 0.1) is 23.6 Å². The zero-order valence-electron chi connectivity index (χ0n) is 17.9. The van der Waals surface area contributed by atoms with Crippen molar-refractivity contribution in [3.05, 3.63) is 59.5 Å². The van der Waals surface area contributed by atoms with E-state index in [-0.39, 0.29) is 17.3 Å². The number of benzene rings is 2. The molecule has 1 fully saturated rings. The molecule has 1 aliphatic heterocycles. The smallest absolute Gasteiger partial charge is 0.243 e. The Kier molecular flexibility index (Phi) is 6.59. The molecular formula is C23H25N3O4S2. The van der Waals surface area contributed by atoms with Gasteiger partial charge in [-0.2, -0.15) is 4.31 Å². The molecule has 0 unspecified atom stereocenters. The number of hydrogen-bond donors (Lipinski definition) is 1. The molecule has 2 heterocycles. The monoisotopic (exact) mass is 471 g/mol. The average Bonchev–Trinajstić information content (AvgIpc) is 3.28. The molecular weight excluding hydrogens is 446 g/mol. The lowest BCUT2D eigenvalue weighted by atomic mass is 9.99. The quantitative estimate of drug-likeness (QED) is 0.583. The summed E-state index contributed by atoms with van der Waals surface area (Å²) in [6.45, 7) is 2.49. The number of hydrogen-bond acceptors (Lipinski definition) is 6. The molecule has 0 saturated carbocycles. The number of aryl methyl sites for hydroxylation is 1. The Morgan fingerprint density at radius 2 is 1.88 bits per heavy atom. The predicted octanol–water partition coefficient (Wildman–Crippen LogP) is 4.17. The van der Waals surface area contributed by atoms with E-state index in [1.807, 2.05) is 36.6 Å². The predicted molar refractivity (Wildman–Crippen MR) is 125 cm³/mol. The summed E-state index contributed by atoms with van der Waals surface area (Å²) >= 11 is 1.35. The number of rotatable bonds is 6. The number of methoxy groups -OCH3 is 1. The molecule has 168 valence electrons. The fraction of sp³-hybridized carbons (Fsp3) is 0.304. The number of carbonyl (C=O) groups is 1. The van der Waals surface area contributed by atoms with Crippen molar-refractivity contribution < 1.29 is 17.9 Å². The second-order valence-corrected chi connectivity index (χ2v) is 10.6. The fourth-order valence-electron chi connectivity index (χ4n) is 3.67. The number of amides is 1. The van der Waals surface area contributed by atoms with Crippen molar-refractivity contribution >= 4 is 32.4 Å². The van der Waals surface area contributed by atoms with Crippen LogP contribution in [0.4, 0.5) is 5.13 Å². The minimum absolute atomic E-state index is 0.165. The second kappa shape index (κ2) is 9.40. The number of carbonyl (C=O) groups excluding carboxylic acids is 1. The SMILES string of the molecule is COc1ccc(-c2csc(NC(=O)[C@H]3CCCN(S(=O)(=O)c4ccc(C)cc4)C3)n2)cc1. The number of aromatic nitrogens is 1. The highest BCUT2D eigenvalue weighted by Crippen LogP contribution is 2.28. The molecule has 32 heavy (non-hydrogen) atoms. The van der Waals surface area contributed by atoms with Crippen LogP contribution in [0.5, 0.6) is 5.75 Å². The summed E-state index contributed by atoms with van der Waals surface area (Å²) in [6, 6.07) is 14.3. The molecule has 2 aromatic carbocycles. The van der Waals surface area contributed by atoms with Crippen LogP contribution >= 0.6 is 11.3 Å². The third-order valence-corrected chi connectivity index (χ3v) is 8.17. The first-order valence-electron chi connectivity index (χ1n) is 10.3. The number of ether oxygens (including phenoxy) is 1. The van der Waals surface area contributed by atoms with Gasteiger partial charge in [0, 0.05) is 24.0 Å². The Labute approximate surface area is 192 Å². The molecule has 1 aliphatic rings. The largest absolute Gasteiger partial charge is 0.497 e. The van der Waals surface area contributed by atoms with Crippen molar-refractivity contribution in [3.63, 3.8) is 0 Å². The Bertz CT molecular complexity index is 1190. The van der Waals surface area contributed by atoms with E-state index in [0.717, 1.165) is 22.6 Å². The van der Waals surface area contributed by atoms with Crippen LogP contribution in [-0.4, -0.2) is 43.8 Å². The number of nitrogens with zero attached hydrogens (tertiary/aromatic N) is 2. The van der Waals surface area contributed by atoms with E-state index < -0.39 is 15.9 Å². The molecule has 0 radical (unpaired) electrons. The molecule has 1 amide bonds. The second-order valence-electron chi connectivity index (χ2n) is 7.77. The minimum atomic E-state index is -3.63. The van der Waals surface area contributed by atoms with Gasteiger partial charge >= 0.3 is 0 Å². The van der Waals surface area contributed by atoms with E-state index >= 15 is 0 Å². The van der Waals surface area contributed by atoms with Crippen LogP contribution in [0.15, 0.2) is 58.8 Å².